The fraction of sp³-hybridized carbons (Fsp3) is 0.750. The second-order valence-electron chi connectivity index (χ2n) is 5.06. The maximum atomic E-state index is 12.8. The average Bonchev–Trinajstić information content (AvgIpc) is 2.13. The van der Waals surface area contributed by atoms with E-state index in [0.29, 0.717) is 13.2 Å². The van der Waals surface area contributed by atoms with E-state index < -0.39 is 15.7 Å². The van der Waals surface area contributed by atoms with Gasteiger partial charge in [0, 0.05) is 0 Å². The van der Waals surface area contributed by atoms with Crippen LogP contribution in [-0.4, -0.2) is 21.3 Å². The molecule has 0 spiro atoms. The van der Waals surface area contributed by atoms with Gasteiger partial charge in [0.15, 0.2) is 0 Å². The van der Waals surface area contributed by atoms with Crippen molar-refractivity contribution in [2.75, 3.05) is 13.2 Å². The molecule has 0 amide bonds. The summed E-state index contributed by atoms with van der Waals surface area (Å²) in [5.41, 5.74) is 4.21. The van der Waals surface area contributed by atoms with Crippen molar-refractivity contribution in [2.45, 2.75) is 47.3 Å². The molecule has 0 bridgehead atoms. The summed E-state index contributed by atoms with van der Waals surface area (Å²) in [6.45, 7) is 14.7. The Balaban J connectivity index is 5.74. The lowest BCUT2D eigenvalue weighted by Gasteiger charge is -2.26. The maximum absolute atomic E-state index is 12.8. The first-order chi connectivity index (χ1) is 7.67. The van der Waals surface area contributed by atoms with Crippen LogP contribution in [0.2, 0.25) is 19.6 Å². The summed E-state index contributed by atoms with van der Waals surface area (Å²) in [4.78, 5) is 0.758. The molecular weight excluding hydrogens is 251 g/mol. The van der Waals surface area contributed by atoms with Gasteiger partial charge >= 0.3 is 7.60 Å². The van der Waals surface area contributed by atoms with Crippen LogP contribution < -0.4 is 0 Å². The summed E-state index contributed by atoms with van der Waals surface area (Å²) in [6, 6.07) is 0. The quantitative estimate of drug-likeness (QED) is 0.405. The van der Waals surface area contributed by atoms with Gasteiger partial charge in [0.1, 0.15) is 0 Å². The molecule has 0 aromatic rings. The normalized spacial score (nSPS) is 12.2. The van der Waals surface area contributed by atoms with Gasteiger partial charge in [-0.3, -0.25) is 4.57 Å². The Morgan fingerprint density at radius 2 is 1.53 bits per heavy atom. The zero-order valence-corrected chi connectivity index (χ0v) is 14.0. The van der Waals surface area contributed by atoms with Crippen molar-refractivity contribution in [1.29, 1.82) is 0 Å². The Morgan fingerprint density at radius 3 is 1.76 bits per heavy atom. The lowest BCUT2D eigenvalue weighted by molar-refractivity contribution is 0.227. The Kier molecular flexibility index (Phi) is 6.68. The topological polar surface area (TPSA) is 35.5 Å². The van der Waals surface area contributed by atoms with Crippen molar-refractivity contribution in [1.82, 2.24) is 0 Å². The van der Waals surface area contributed by atoms with Gasteiger partial charge < -0.3 is 9.05 Å². The van der Waals surface area contributed by atoms with E-state index >= 15 is 0 Å². The van der Waals surface area contributed by atoms with E-state index in [0.717, 1.165) is 10.5 Å². The number of hydrogen-bond donors (Lipinski definition) is 0. The second-order valence-corrected chi connectivity index (χ2v) is 12.4. The highest BCUT2D eigenvalue weighted by atomic mass is 31.2. The minimum absolute atomic E-state index is 0.385. The lowest BCUT2D eigenvalue weighted by Crippen LogP contribution is -2.25. The highest BCUT2D eigenvalue weighted by molar-refractivity contribution is 7.62. The fourth-order valence-electron chi connectivity index (χ4n) is 1.41. The van der Waals surface area contributed by atoms with Crippen LogP contribution in [0.15, 0.2) is 16.2 Å². The minimum Gasteiger partial charge on any atom is -0.306 e. The summed E-state index contributed by atoms with van der Waals surface area (Å²) in [7, 11) is -4.95. The molecule has 0 aliphatic heterocycles. The summed E-state index contributed by atoms with van der Waals surface area (Å²) in [5.74, 6) is 0. The van der Waals surface area contributed by atoms with Crippen LogP contribution in [0.4, 0.5) is 0 Å². The van der Waals surface area contributed by atoms with E-state index in [1.165, 1.54) is 0 Å². The molecule has 0 radical (unpaired) electrons. The van der Waals surface area contributed by atoms with Gasteiger partial charge in [-0.1, -0.05) is 19.6 Å². The fourth-order valence-corrected chi connectivity index (χ4v) is 7.08. The maximum Gasteiger partial charge on any atom is 0.360 e. The smallest absolute Gasteiger partial charge is 0.306 e. The molecule has 0 saturated carbocycles. The van der Waals surface area contributed by atoms with Gasteiger partial charge in [0.2, 0.25) is 0 Å². The first kappa shape index (κ1) is 16.9. The minimum atomic E-state index is -3.16. The highest BCUT2D eigenvalue weighted by Gasteiger charge is 2.38. The SMILES string of the molecule is CCOP(=O)(OCC)C(=C=C(C)C)[Si](C)(C)C. The van der Waals surface area contributed by atoms with Crippen LogP contribution in [0.5, 0.6) is 0 Å². The van der Waals surface area contributed by atoms with Gasteiger partial charge in [0.25, 0.3) is 0 Å². The predicted molar refractivity (Wildman–Crippen MR) is 76.1 cm³/mol. The molecule has 0 unspecified atom stereocenters. The van der Waals surface area contributed by atoms with E-state index in [4.69, 9.17) is 9.05 Å². The van der Waals surface area contributed by atoms with Gasteiger partial charge in [-0.25, -0.2) is 0 Å². The van der Waals surface area contributed by atoms with Crippen LogP contribution in [0.1, 0.15) is 27.7 Å². The average molecular weight is 276 g/mol. The number of allylic oxidation sites excluding steroid dienone is 1. The Hall–Kier alpha value is -0.113. The zero-order valence-electron chi connectivity index (χ0n) is 12.1. The van der Waals surface area contributed by atoms with E-state index in [1.807, 2.05) is 27.7 Å². The summed E-state index contributed by atoms with van der Waals surface area (Å²) in [6.07, 6.45) is 0. The number of rotatable bonds is 6. The molecule has 5 heteroatoms. The van der Waals surface area contributed by atoms with Gasteiger partial charge in [-0.05, 0) is 33.3 Å². The van der Waals surface area contributed by atoms with E-state index in [-0.39, 0.29) is 0 Å². The first-order valence-electron chi connectivity index (χ1n) is 6.01. The molecule has 100 valence electrons. The summed E-state index contributed by atoms with van der Waals surface area (Å²) in [5, 5.41) is 0. The monoisotopic (exact) mass is 276 g/mol. The van der Waals surface area contributed by atoms with Crippen LogP contribution >= 0.6 is 7.60 Å². The Labute approximate surface area is 106 Å². The Morgan fingerprint density at radius 1 is 1.12 bits per heavy atom. The molecule has 3 nitrogen and oxygen atoms in total. The van der Waals surface area contributed by atoms with Crippen LogP contribution in [0.25, 0.3) is 0 Å². The van der Waals surface area contributed by atoms with E-state index in [1.54, 1.807) is 0 Å². The molecule has 0 N–H and O–H groups in total. The molecular formula is C12H25O3PSi. The van der Waals surface area contributed by atoms with Crippen LogP contribution in [-0.2, 0) is 13.6 Å². The van der Waals surface area contributed by atoms with Crippen LogP contribution in [0, 0.1) is 0 Å². The lowest BCUT2D eigenvalue weighted by atomic mass is 10.4. The molecule has 0 aliphatic rings. The van der Waals surface area contributed by atoms with Gasteiger partial charge in [0.05, 0.1) is 26.2 Å². The molecule has 17 heavy (non-hydrogen) atoms. The standard InChI is InChI=1S/C12H25O3PSi/c1-8-14-16(13,15-9-2)12(10-11(3)4)17(5,6)7/h8-9H2,1-7H3. The molecule has 0 rings (SSSR count). The largest absolute Gasteiger partial charge is 0.360 e. The molecule has 0 atom stereocenters. The molecule has 0 heterocycles. The first-order valence-corrected chi connectivity index (χ1v) is 11.1. The van der Waals surface area contributed by atoms with Crippen molar-refractivity contribution >= 4 is 15.7 Å². The van der Waals surface area contributed by atoms with Crippen molar-refractivity contribution in [3.05, 3.63) is 16.2 Å². The van der Waals surface area contributed by atoms with Crippen LogP contribution in [0.3, 0.4) is 0 Å². The third-order valence-corrected chi connectivity index (χ3v) is 8.19. The van der Waals surface area contributed by atoms with Crippen molar-refractivity contribution in [2.24, 2.45) is 0 Å². The van der Waals surface area contributed by atoms with Crippen molar-refractivity contribution in [3.63, 3.8) is 0 Å². The zero-order chi connectivity index (χ0) is 13.7. The third kappa shape index (κ3) is 5.37. The van der Waals surface area contributed by atoms with Crippen molar-refractivity contribution in [3.8, 4) is 0 Å². The predicted octanol–water partition coefficient (Wildman–Crippen LogP) is 4.58. The summed E-state index contributed by atoms with van der Waals surface area (Å²) < 4.78 is 23.6. The van der Waals surface area contributed by atoms with E-state index in [9.17, 15) is 4.57 Å². The molecule has 0 aromatic carbocycles. The van der Waals surface area contributed by atoms with E-state index in [2.05, 4.69) is 25.4 Å². The summed E-state index contributed by atoms with van der Waals surface area (Å²) >= 11 is 0. The molecule has 0 aliphatic carbocycles. The van der Waals surface area contributed by atoms with Gasteiger partial charge in [-0.2, -0.15) is 0 Å². The highest BCUT2D eigenvalue weighted by Crippen LogP contribution is 2.58. The molecule has 0 saturated heterocycles. The number of hydrogen-bond acceptors (Lipinski definition) is 3. The van der Waals surface area contributed by atoms with Gasteiger partial charge in [-0.15, -0.1) is 5.73 Å². The van der Waals surface area contributed by atoms with Crippen molar-refractivity contribution < 1.29 is 13.6 Å². The Bertz CT molecular complexity index is 348. The molecule has 0 aromatic heterocycles. The third-order valence-electron chi connectivity index (χ3n) is 1.95. The molecule has 0 fully saturated rings. The second kappa shape index (κ2) is 6.72.